The molecule has 28 heavy (non-hydrogen) atoms. The minimum Gasteiger partial charge on any atom is -0.467 e. The first-order valence-electron chi connectivity index (χ1n) is 8.85. The van der Waals surface area contributed by atoms with Gasteiger partial charge in [0.1, 0.15) is 17.8 Å². The number of carbonyl (C=O) groups is 1. The van der Waals surface area contributed by atoms with Crippen molar-refractivity contribution in [2.45, 2.75) is 26.9 Å². The summed E-state index contributed by atoms with van der Waals surface area (Å²) in [6.45, 7) is 3.82. The first-order valence-corrected chi connectivity index (χ1v) is 8.85. The highest BCUT2D eigenvalue weighted by Gasteiger charge is 2.17. The Labute approximate surface area is 160 Å². The number of aromatic nitrogens is 4. The van der Waals surface area contributed by atoms with Crippen LogP contribution in [0.1, 0.15) is 17.0 Å². The molecule has 3 heterocycles. The Morgan fingerprint density at radius 3 is 2.75 bits per heavy atom. The van der Waals surface area contributed by atoms with Gasteiger partial charge >= 0.3 is 0 Å². The Morgan fingerprint density at radius 1 is 1.18 bits per heavy atom. The summed E-state index contributed by atoms with van der Waals surface area (Å²) in [5, 5.41) is 12.1. The van der Waals surface area contributed by atoms with Crippen LogP contribution in [0.25, 0.3) is 16.6 Å². The van der Waals surface area contributed by atoms with Gasteiger partial charge in [0.25, 0.3) is 5.56 Å². The van der Waals surface area contributed by atoms with E-state index in [0.717, 1.165) is 11.3 Å². The molecule has 0 unspecified atom stereocenters. The molecule has 142 valence electrons. The Bertz CT molecular complexity index is 1200. The highest BCUT2D eigenvalue weighted by molar-refractivity contribution is 5.82. The molecule has 0 saturated carbocycles. The van der Waals surface area contributed by atoms with Gasteiger partial charge in [0, 0.05) is 5.39 Å². The SMILES string of the molecule is Cc1ccccc1-n1ncc2c(C)nn(CC(=O)NCc3ccco3)c(=O)c21. The molecular formula is C20H19N5O3. The second-order valence-electron chi connectivity index (χ2n) is 6.51. The third kappa shape index (κ3) is 3.20. The molecule has 0 aliphatic heterocycles. The van der Waals surface area contributed by atoms with E-state index in [-0.39, 0.29) is 24.6 Å². The Morgan fingerprint density at radius 2 is 2.00 bits per heavy atom. The standard InChI is InChI=1S/C20H19N5O3/c1-13-6-3-4-8-17(13)25-19-16(11-22-25)14(2)23-24(20(19)27)12-18(26)21-10-15-7-5-9-28-15/h3-9,11H,10,12H2,1-2H3,(H,21,26). The van der Waals surface area contributed by atoms with Gasteiger partial charge in [0.2, 0.25) is 5.91 Å². The summed E-state index contributed by atoms with van der Waals surface area (Å²) in [6, 6.07) is 11.2. The van der Waals surface area contributed by atoms with Crippen molar-refractivity contribution in [2.24, 2.45) is 0 Å². The van der Waals surface area contributed by atoms with Gasteiger partial charge in [-0.15, -0.1) is 0 Å². The second-order valence-corrected chi connectivity index (χ2v) is 6.51. The van der Waals surface area contributed by atoms with E-state index in [1.807, 2.05) is 31.2 Å². The number of fused-ring (bicyclic) bond motifs is 1. The van der Waals surface area contributed by atoms with Crippen LogP contribution in [0.4, 0.5) is 0 Å². The fraction of sp³-hybridized carbons (Fsp3) is 0.200. The van der Waals surface area contributed by atoms with Crippen LogP contribution in [-0.2, 0) is 17.9 Å². The maximum Gasteiger partial charge on any atom is 0.293 e. The molecule has 0 bridgehead atoms. The van der Waals surface area contributed by atoms with Gasteiger partial charge in [-0.25, -0.2) is 9.36 Å². The number of furan rings is 1. The van der Waals surface area contributed by atoms with Crippen LogP contribution in [0.3, 0.4) is 0 Å². The Balaban J connectivity index is 1.69. The quantitative estimate of drug-likeness (QED) is 0.575. The van der Waals surface area contributed by atoms with E-state index < -0.39 is 0 Å². The van der Waals surface area contributed by atoms with Gasteiger partial charge in [-0.3, -0.25) is 9.59 Å². The maximum absolute atomic E-state index is 13.1. The average Bonchev–Trinajstić information content (AvgIpc) is 3.35. The molecule has 0 saturated heterocycles. The van der Waals surface area contributed by atoms with Crippen molar-refractivity contribution in [2.75, 3.05) is 0 Å². The van der Waals surface area contributed by atoms with Crippen LogP contribution in [0.15, 0.2) is 58.1 Å². The van der Waals surface area contributed by atoms with Gasteiger partial charge in [0.05, 0.1) is 30.4 Å². The zero-order valence-electron chi connectivity index (χ0n) is 15.5. The predicted molar refractivity (Wildman–Crippen MR) is 103 cm³/mol. The molecule has 4 aromatic rings. The molecule has 1 aromatic carbocycles. The maximum atomic E-state index is 13.1. The summed E-state index contributed by atoms with van der Waals surface area (Å²) in [4.78, 5) is 25.3. The van der Waals surface area contributed by atoms with Crippen molar-refractivity contribution < 1.29 is 9.21 Å². The highest BCUT2D eigenvalue weighted by atomic mass is 16.3. The third-order valence-electron chi connectivity index (χ3n) is 4.54. The topological polar surface area (TPSA) is 94.9 Å². The molecule has 3 aromatic heterocycles. The highest BCUT2D eigenvalue weighted by Crippen LogP contribution is 2.19. The van der Waals surface area contributed by atoms with Gasteiger partial charge < -0.3 is 9.73 Å². The van der Waals surface area contributed by atoms with Crippen molar-refractivity contribution in [1.29, 1.82) is 0 Å². The third-order valence-corrected chi connectivity index (χ3v) is 4.54. The predicted octanol–water partition coefficient (Wildman–Crippen LogP) is 2.11. The molecule has 0 radical (unpaired) electrons. The number of hydrogen-bond acceptors (Lipinski definition) is 5. The molecule has 8 heteroatoms. The number of aryl methyl sites for hydroxylation is 2. The van der Waals surface area contributed by atoms with Crippen LogP contribution in [0.2, 0.25) is 0 Å². The van der Waals surface area contributed by atoms with E-state index in [1.54, 1.807) is 29.9 Å². The largest absolute Gasteiger partial charge is 0.467 e. The van der Waals surface area contributed by atoms with Gasteiger partial charge in [-0.1, -0.05) is 18.2 Å². The van der Waals surface area contributed by atoms with E-state index in [4.69, 9.17) is 4.42 Å². The average molecular weight is 377 g/mol. The Hall–Kier alpha value is -3.68. The van der Waals surface area contributed by atoms with Crippen molar-refractivity contribution in [3.63, 3.8) is 0 Å². The van der Waals surface area contributed by atoms with Crippen molar-refractivity contribution in [3.8, 4) is 5.69 Å². The minimum absolute atomic E-state index is 0.185. The monoisotopic (exact) mass is 377 g/mol. The summed E-state index contributed by atoms with van der Waals surface area (Å²) in [5.41, 5.74) is 2.47. The number of benzene rings is 1. The van der Waals surface area contributed by atoms with Crippen molar-refractivity contribution >= 4 is 16.8 Å². The normalized spacial score (nSPS) is 11.1. The lowest BCUT2D eigenvalue weighted by Gasteiger charge is -2.10. The number of para-hydroxylation sites is 1. The minimum atomic E-state index is -0.366. The van der Waals surface area contributed by atoms with E-state index in [2.05, 4.69) is 15.5 Å². The molecule has 4 rings (SSSR count). The molecule has 0 spiro atoms. The van der Waals surface area contributed by atoms with Gasteiger partial charge in [-0.05, 0) is 37.6 Å². The zero-order chi connectivity index (χ0) is 19.7. The van der Waals surface area contributed by atoms with Crippen molar-refractivity contribution in [1.82, 2.24) is 24.9 Å². The van der Waals surface area contributed by atoms with Gasteiger partial charge in [0.15, 0.2) is 0 Å². The Kier molecular flexibility index (Phi) is 4.52. The van der Waals surface area contributed by atoms with Crippen LogP contribution in [-0.4, -0.2) is 25.5 Å². The van der Waals surface area contributed by atoms with Crippen molar-refractivity contribution in [3.05, 3.63) is 76.2 Å². The summed E-state index contributed by atoms with van der Waals surface area (Å²) in [7, 11) is 0. The number of nitrogens with one attached hydrogen (secondary N) is 1. The number of nitrogens with zero attached hydrogens (tertiary/aromatic N) is 4. The molecule has 0 fully saturated rings. The molecule has 0 aliphatic rings. The van der Waals surface area contributed by atoms with Crippen LogP contribution >= 0.6 is 0 Å². The first-order chi connectivity index (χ1) is 13.5. The van der Waals surface area contributed by atoms with E-state index in [9.17, 15) is 9.59 Å². The number of rotatable bonds is 5. The number of hydrogen-bond donors (Lipinski definition) is 1. The molecule has 1 amide bonds. The summed E-state index contributed by atoms with van der Waals surface area (Å²) in [5.74, 6) is 0.310. The van der Waals surface area contributed by atoms with E-state index in [1.165, 1.54) is 10.9 Å². The fourth-order valence-corrected chi connectivity index (χ4v) is 3.10. The van der Waals surface area contributed by atoms with Crippen LogP contribution in [0, 0.1) is 13.8 Å². The smallest absolute Gasteiger partial charge is 0.293 e. The molecule has 1 N–H and O–H groups in total. The second kappa shape index (κ2) is 7.15. The first kappa shape index (κ1) is 17.7. The fourth-order valence-electron chi connectivity index (χ4n) is 3.10. The van der Waals surface area contributed by atoms with Gasteiger partial charge in [-0.2, -0.15) is 10.2 Å². The molecular weight excluding hydrogens is 358 g/mol. The summed E-state index contributed by atoms with van der Waals surface area (Å²) in [6.07, 6.45) is 3.17. The van der Waals surface area contributed by atoms with Crippen LogP contribution in [0.5, 0.6) is 0 Å². The lowest BCUT2D eigenvalue weighted by Crippen LogP contribution is -2.34. The lowest BCUT2D eigenvalue weighted by molar-refractivity contribution is -0.122. The number of carbonyl (C=O) groups excluding carboxylic acids is 1. The zero-order valence-corrected chi connectivity index (χ0v) is 15.5. The lowest BCUT2D eigenvalue weighted by atomic mass is 10.2. The number of amides is 1. The molecule has 0 aliphatic carbocycles. The molecule has 0 atom stereocenters. The van der Waals surface area contributed by atoms with E-state index >= 15 is 0 Å². The summed E-state index contributed by atoms with van der Waals surface area (Å²) < 4.78 is 7.97. The van der Waals surface area contributed by atoms with Crippen LogP contribution < -0.4 is 10.9 Å². The summed E-state index contributed by atoms with van der Waals surface area (Å²) >= 11 is 0. The molecule has 8 nitrogen and oxygen atoms in total. The van der Waals surface area contributed by atoms with E-state index in [0.29, 0.717) is 22.4 Å².